The number of rotatable bonds is 2. The van der Waals surface area contributed by atoms with Gasteiger partial charge in [-0.2, -0.15) is 0 Å². The van der Waals surface area contributed by atoms with E-state index in [0.717, 1.165) is 0 Å². The second-order valence-corrected chi connectivity index (χ2v) is 6.20. The Bertz CT molecular complexity index is 645. The maximum Gasteiger partial charge on any atom is 0.166 e. The van der Waals surface area contributed by atoms with E-state index in [1.165, 1.54) is 12.7 Å². The van der Waals surface area contributed by atoms with Crippen LogP contribution in [0.4, 0.5) is 5.82 Å². The minimum absolute atomic E-state index is 0.256. The van der Waals surface area contributed by atoms with E-state index >= 15 is 0 Å². The first-order valence-electron chi connectivity index (χ1n) is 5.74. The van der Waals surface area contributed by atoms with Crippen LogP contribution >= 0.6 is 0 Å². The van der Waals surface area contributed by atoms with Gasteiger partial charge in [0.1, 0.15) is 17.2 Å². The van der Waals surface area contributed by atoms with Crippen molar-refractivity contribution in [1.29, 1.82) is 0 Å². The summed E-state index contributed by atoms with van der Waals surface area (Å²) < 4.78 is 13.9. The van der Waals surface area contributed by atoms with Gasteiger partial charge in [0, 0.05) is 6.42 Å². The van der Waals surface area contributed by atoms with E-state index in [4.69, 9.17) is 10.8 Å². The van der Waals surface area contributed by atoms with Gasteiger partial charge in [-0.25, -0.2) is 15.0 Å². The van der Waals surface area contributed by atoms with Gasteiger partial charge in [-0.05, 0) is 0 Å². The normalized spacial score (nSPS) is 31.1. The molecule has 8 nitrogen and oxygen atoms in total. The molecule has 0 saturated carbocycles. The van der Waals surface area contributed by atoms with E-state index in [1.807, 2.05) is 0 Å². The molecule has 2 unspecified atom stereocenters. The molecular weight excluding hydrogens is 270 g/mol. The van der Waals surface area contributed by atoms with Crippen molar-refractivity contribution < 1.29 is 14.4 Å². The van der Waals surface area contributed by atoms with Crippen LogP contribution in [0.25, 0.3) is 11.2 Å². The third kappa shape index (κ3) is 1.81. The van der Waals surface area contributed by atoms with E-state index in [9.17, 15) is 9.32 Å². The Kier molecular flexibility index (Phi) is 2.96. The summed E-state index contributed by atoms with van der Waals surface area (Å²) in [5.74, 6) is 0.256. The molecule has 2 aromatic heterocycles. The summed E-state index contributed by atoms with van der Waals surface area (Å²) in [5.41, 5.74) is 6.62. The first kappa shape index (κ1) is 12.5. The van der Waals surface area contributed by atoms with Crippen molar-refractivity contribution >= 4 is 27.8 Å². The van der Waals surface area contributed by atoms with Crippen LogP contribution in [0, 0.1) is 0 Å². The number of imidazole rings is 1. The fourth-order valence-electron chi connectivity index (χ4n) is 2.31. The van der Waals surface area contributed by atoms with Crippen LogP contribution in [0.3, 0.4) is 0 Å². The monoisotopic (exact) mass is 283 g/mol. The number of nitrogens with zero attached hydrogens (tertiary/aromatic N) is 4. The molecular formula is C10H13N5O3S. The Hall–Kier alpha value is -1.58. The Morgan fingerprint density at radius 2 is 2.26 bits per heavy atom. The molecule has 1 fully saturated rings. The van der Waals surface area contributed by atoms with Crippen molar-refractivity contribution in [3.8, 4) is 0 Å². The molecule has 1 saturated heterocycles. The Balaban J connectivity index is 2.06. The molecule has 0 bridgehead atoms. The summed E-state index contributed by atoms with van der Waals surface area (Å²) in [5, 5.41) is 17.9. The summed E-state index contributed by atoms with van der Waals surface area (Å²) in [4.78, 5) is 12.0. The summed E-state index contributed by atoms with van der Waals surface area (Å²) in [6.07, 6.45) is 2.29. The standard InChI is InChI=1S/C10H13N5O3S/c11-9-8-10(13-3-12-9)15(4-14-8)7-1-5(17)6(2-16)19(7)18/h3-7,16-17H,1-2H2,(H2,11,12,13)/t5-,6+,7?,19?/m0/s1. The summed E-state index contributed by atoms with van der Waals surface area (Å²) in [6, 6.07) is 0. The molecule has 0 aliphatic carbocycles. The van der Waals surface area contributed by atoms with E-state index in [2.05, 4.69) is 15.0 Å². The van der Waals surface area contributed by atoms with Crippen LogP contribution in [0.5, 0.6) is 0 Å². The van der Waals surface area contributed by atoms with Crippen LogP contribution in [-0.4, -0.2) is 51.9 Å². The highest BCUT2D eigenvalue weighted by Gasteiger charge is 2.41. The number of aromatic nitrogens is 4. The largest absolute Gasteiger partial charge is 0.395 e. The van der Waals surface area contributed by atoms with Crippen molar-refractivity contribution in [2.45, 2.75) is 23.1 Å². The minimum Gasteiger partial charge on any atom is -0.395 e. The van der Waals surface area contributed by atoms with E-state index < -0.39 is 27.5 Å². The minimum atomic E-state index is -1.40. The highest BCUT2D eigenvalue weighted by Crippen LogP contribution is 2.34. The van der Waals surface area contributed by atoms with E-state index in [-0.39, 0.29) is 18.8 Å². The molecule has 2 aromatic rings. The molecule has 9 heteroatoms. The van der Waals surface area contributed by atoms with Gasteiger partial charge in [-0.15, -0.1) is 0 Å². The molecule has 1 aliphatic heterocycles. The second-order valence-electron chi connectivity index (χ2n) is 4.39. The number of nitrogens with two attached hydrogens (primary N) is 1. The van der Waals surface area contributed by atoms with Gasteiger partial charge in [0.05, 0.1) is 35.1 Å². The molecule has 3 rings (SSSR count). The summed E-state index contributed by atoms with van der Waals surface area (Å²) >= 11 is 0. The van der Waals surface area contributed by atoms with Gasteiger partial charge in [-0.1, -0.05) is 0 Å². The lowest BCUT2D eigenvalue weighted by Gasteiger charge is -2.11. The predicted molar refractivity (Wildman–Crippen MR) is 68.4 cm³/mol. The average molecular weight is 283 g/mol. The lowest BCUT2D eigenvalue weighted by atomic mass is 10.2. The molecule has 0 aromatic carbocycles. The number of aliphatic hydroxyl groups is 2. The van der Waals surface area contributed by atoms with Crippen LogP contribution < -0.4 is 5.73 Å². The van der Waals surface area contributed by atoms with Gasteiger partial charge >= 0.3 is 0 Å². The second kappa shape index (κ2) is 4.51. The fraction of sp³-hybridized carbons (Fsp3) is 0.500. The molecule has 4 N–H and O–H groups in total. The lowest BCUT2D eigenvalue weighted by Crippen LogP contribution is -2.26. The van der Waals surface area contributed by atoms with Crippen molar-refractivity contribution in [2.24, 2.45) is 0 Å². The quantitative estimate of drug-likeness (QED) is 0.630. The average Bonchev–Trinajstić information content (AvgIpc) is 2.92. The third-order valence-electron chi connectivity index (χ3n) is 3.32. The highest BCUT2D eigenvalue weighted by molar-refractivity contribution is 7.86. The fourth-order valence-corrected chi connectivity index (χ4v) is 4.05. The lowest BCUT2D eigenvalue weighted by molar-refractivity contribution is 0.137. The van der Waals surface area contributed by atoms with E-state index in [1.54, 1.807) is 4.57 Å². The van der Waals surface area contributed by atoms with Crippen LogP contribution in [-0.2, 0) is 10.8 Å². The van der Waals surface area contributed by atoms with Gasteiger partial charge in [0.25, 0.3) is 0 Å². The zero-order valence-corrected chi connectivity index (χ0v) is 10.7. The molecule has 102 valence electrons. The van der Waals surface area contributed by atoms with Crippen LogP contribution in [0.2, 0.25) is 0 Å². The number of fused-ring (bicyclic) bond motifs is 1. The number of nitrogen functional groups attached to an aromatic ring is 1. The van der Waals surface area contributed by atoms with Crippen LogP contribution in [0.1, 0.15) is 11.8 Å². The van der Waals surface area contributed by atoms with Gasteiger partial charge in [0.15, 0.2) is 11.5 Å². The predicted octanol–water partition coefficient (Wildman–Crippen LogP) is -1.22. The molecule has 1 aliphatic rings. The molecule has 0 amide bonds. The maximum absolute atomic E-state index is 12.2. The number of anilines is 1. The molecule has 0 spiro atoms. The summed E-state index contributed by atoms with van der Waals surface area (Å²) in [7, 11) is -1.40. The molecule has 0 radical (unpaired) electrons. The topological polar surface area (TPSA) is 127 Å². The zero-order valence-electron chi connectivity index (χ0n) is 9.88. The van der Waals surface area contributed by atoms with Crippen LogP contribution in [0.15, 0.2) is 12.7 Å². The number of hydrogen-bond acceptors (Lipinski definition) is 7. The van der Waals surface area contributed by atoms with Crippen molar-refractivity contribution in [3.05, 3.63) is 12.7 Å². The smallest absolute Gasteiger partial charge is 0.166 e. The summed E-state index contributed by atoms with van der Waals surface area (Å²) in [6.45, 7) is -0.311. The third-order valence-corrected chi connectivity index (χ3v) is 5.33. The first-order chi connectivity index (χ1) is 9.13. The molecule has 4 atom stereocenters. The van der Waals surface area contributed by atoms with Gasteiger partial charge in [-0.3, -0.25) is 8.78 Å². The van der Waals surface area contributed by atoms with Gasteiger partial charge in [0.2, 0.25) is 0 Å². The highest BCUT2D eigenvalue weighted by atomic mass is 32.2. The Morgan fingerprint density at radius 1 is 1.47 bits per heavy atom. The van der Waals surface area contributed by atoms with Gasteiger partial charge < -0.3 is 15.9 Å². The van der Waals surface area contributed by atoms with Crippen molar-refractivity contribution in [3.63, 3.8) is 0 Å². The molecule has 3 heterocycles. The van der Waals surface area contributed by atoms with Crippen molar-refractivity contribution in [1.82, 2.24) is 19.5 Å². The number of aliphatic hydroxyl groups excluding tert-OH is 2. The van der Waals surface area contributed by atoms with Crippen molar-refractivity contribution in [2.75, 3.05) is 12.3 Å². The zero-order chi connectivity index (χ0) is 13.6. The number of hydrogen-bond donors (Lipinski definition) is 3. The first-order valence-corrected chi connectivity index (χ1v) is 7.02. The maximum atomic E-state index is 12.2. The Labute approximate surface area is 110 Å². The Morgan fingerprint density at radius 3 is 2.95 bits per heavy atom. The van der Waals surface area contributed by atoms with E-state index in [0.29, 0.717) is 11.2 Å². The molecule has 19 heavy (non-hydrogen) atoms. The SMILES string of the molecule is Nc1ncnc2c1ncn2C1C[C@H](O)[C@@H](CO)S1=O.